The van der Waals surface area contributed by atoms with Crippen LogP contribution in [0.2, 0.25) is 0 Å². The average Bonchev–Trinajstić information content (AvgIpc) is 3.09. The van der Waals surface area contributed by atoms with Crippen LogP contribution < -0.4 is 0 Å². The fourth-order valence-corrected chi connectivity index (χ4v) is 3.53. The van der Waals surface area contributed by atoms with Crippen LogP contribution in [0.4, 0.5) is 0 Å². The maximum atomic E-state index is 5.88. The number of nitrogens with zero attached hydrogens (tertiary/aromatic N) is 4. The van der Waals surface area contributed by atoms with Gasteiger partial charge in [-0.1, -0.05) is 13.8 Å². The lowest BCUT2D eigenvalue weighted by molar-refractivity contribution is -0.0405. The number of hydrogen-bond acceptors (Lipinski definition) is 5. The molecule has 1 saturated heterocycles. The van der Waals surface area contributed by atoms with Gasteiger partial charge >= 0.3 is 0 Å². The highest BCUT2D eigenvalue weighted by molar-refractivity contribution is 7.09. The van der Waals surface area contributed by atoms with E-state index in [0.29, 0.717) is 5.92 Å². The van der Waals surface area contributed by atoms with Gasteiger partial charge in [0.15, 0.2) is 0 Å². The molecule has 0 saturated carbocycles. The Morgan fingerprint density at radius 3 is 3.00 bits per heavy atom. The Kier molecular flexibility index (Phi) is 4.90. The molecular formula is C16H24N4OS. The standard InChI is InChI=1S/C16H24N4OS/c1-12(2)16-18-14(11-22-16)8-19-4-5-21-15(9-19)10-20-7-13(3)6-17-20/h6-7,11-12,15H,4-5,8-10H2,1-3H3/t15-/m0/s1. The third-order valence-corrected chi connectivity index (χ3v) is 5.02. The average molecular weight is 320 g/mol. The molecule has 0 spiro atoms. The van der Waals surface area contributed by atoms with Gasteiger partial charge in [-0.05, 0) is 12.5 Å². The van der Waals surface area contributed by atoms with Crippen LogP contribution in [0.3, 0.4) is 0 Å². The van der Waals surface area contributed by atoms with Crippen molar-refractivity contribution >= 4 is 11.3 Å². The van der Waals surface area contributed by atoms with Gasteiger partial charge in [-0.3, -0.25) is 9.58 Å². The molecule has 0 aromatic carbocycles. The second-order valence-corrected chi connectivity index (χ2v) is 7.19. The topological polar surface area (TPSA) is 43.2 Å². The van der Waals surface area contributed by atoms with Crippen molar-refractivity contribution < 1.29 is 4.74 Å². The number of morpholine rings is 1. The number of rotatable bonds is 5. The van der Waals surface area contributed by atoms with Gasteiger partial charge in [-0.2, -0.15) is 5.10 Å². The first-order valence-electron chi connectivity index (χ1n) is 7.87. The molecule has 2 aromatic heterocycles. The normalized spacial score (nSPS) is 19.9. The quantitative estimate of drug-likeness (QED) is 0.849. The fourth-order valence-electron chi connectivity index (χ4n) is 2.70. The molecule has 0 amide bonds. The second-order valence-electron chi connectivity index (χ2n) is 6.30. The van der Waals surface area contributed by atoms with E-state index < -0.39 is 0 Å². The molecule has 1 fully saturated rings. The molecule has 0 N–H and O–H groups in total. The number of ether oxygens (including phenoxy) is 1. The largest absolute Gasteiger partial charge is 0.374 e. The first-order valence-corrected chi connectivity index (χ1v) is 8.75. The maximum absolute atomic E-state index is 5.88. The first-order chi connectivity index (χ1) is 10.6. The molecular weight excluding hydrogens is 296 g/mol. The van der Waals surface area contributed by atoms with Crippen molar-refractivity contribution in [2.24, 2.45) is 0 Å². The lowest BCUT2D eigenvalue weighted by atomic mass is 10.2. The molecule has 3 heterocycles. The number of hydrogen-bond donors (Lipinski definition) is 0. The predicted molar refractivity (Wildman–Crippen MR) is 88.2 cm³/mol. The van der Waals surface area contributed by atoms with Crippen molar-refractivity contribution in [3.05, 3.63) is 34.0 Å². The lowest BCUT2D eigenvalue weighted by Gasteiger charge is -2.32. The van der Waals surface area contributed by atoms with Crippen LogP contribution in [0.5, 0.6) is 0 Å². The van der Waals surface area contributed by atoms with E-state index in [1.165, 1.54) is 16.3 Å². The number of aryl methyl sites for hydroxylation is 1. The van der Waals surface area contributed by atoms with Gasteiger partial charge in [0.1, 0.15) is 0 Å². The van der Waals surface area contributed by atoms with E-state index in [-0.39, 0.29) is 6.10 Å². The highest BCUT2D eigenvalue weighted by Crippen LogP contribution is 2.20. The first kappa shape index (κ1) is 15.6. The molecule has 3 rings (SSSR count). The zero-order valence-corrected chi connectivity index (χ0v) is 14.3. The van der Waals surface area contributed by atoms with Crippen LogP contribution in [0.25, 0.3) is 0 Å². The molecule has 0 bridgehead atoms. The van der Waals surface area contributed by atoms with Crippen LogP contribution in [0.15, 0.2) is 17.8 Å². The van der Waals surface area contributed by atoms with Crippen molar-refractivity contribution in [3.8, 4) is 0 Å². The predicted octanol–water partition coefficient (Wildman–Crippen LogP) is 2.67. The van der Waals surface area contributed by atoms with Gasteiger partial charge < -0.3 is 4.74 Å². The van der Waals surface area contributed by atoms with Crippen molar-refractivity contribution in [1.82, 2.24) is 19.7 Å². The minimum Gasteiger partial charge on any atom is -0.374 e. The molecule has 22 heavy (non-hydrogen) atoms. The summed E-state index contributed by atoms with van der Waals surface area (Å²) < 4.78 is 7.86. The summed E-state index contributed by atoms with van der Waals surface area (Å²) in [5, 5.41) is 7.77. The third kappa shape index (κ3) is 3.94. The maximum Gasteiger partial charge on any atom is 0.0954 e. The van der Waals surface area contributed by atoms with Gasteiger partial charge in [0.05, 0.1) is 36.2 Å². The van der Waals surface area contributed by atoms with Crippen LogP contribution in [0.1, 0.15) is 36.0 Å². The zero-order valence-electron chi connectivity index (χ0n) is 13.5. The summed E-state index contributed by atoms with van der Waals surface area (Å²) in [4.78, 5) is 7.17. The lowest BCUT2D eigenvalue weighted by Crippen LogP contribution is -2.43. The summed E-state index contributed by atoms with van der Waals surface area (Å²) in [6.07, 6.45) is 4.16. The van der Waals surface area contributed by atoms with Crippen LogP contribution in [-0.2, 0) is 17.8 Å². The molecule has 0 aliphatic carbocycles. The summed E-state index contributed by atoms with van der Waals surface area (Å²) in [5.74, 6) is 0.513. The Bertz CT molecular complexity index is 607. The van der Waals surface area contributed by atoms with E-state index in [4.69, 9.17) is 9.72 Å². The SMILES string of the molecule is Cc1cnn(C[C@@H]2CN(Cc3csc(C(C)C)n3)CCO2)c1. The Balaban J connectivity index is 1.55. The third-order valence-electron chi connectivity index (χ3n) is 3.82. The summed E-state index contributed by atoms with van der Waals surface area (Å²) in [5.41, 5.74) is 2.38. The van der Waals surface area contributed by atoms with Gasteiger partial charge in [0.2, 0.25) is 0 Å². The number of aromatic nitrogens is 3. The zero-order chi connectivity index (χ0) is 15.5. The van der Waals surface area contributed by atoms with E-state index in [2.05, 4.69) is 42.3 Å². The molecule has 6 heteroatoms. The van der Waals surface area contributed by atoms with Crippen molar-refractivity contribution in [2.45, 2.75) is 45.9 Å². The van der Waals surface area contributed by atoms with Crippen LogP contribution in [0, 0.1) is 6.92 Å². The van der Waals surface area contributed by atoms with Gasteiger partial charge in [0, 0.05) is 37.1 Å². The summed E-state index contributed by atoms with van der Waals surface area (Å²) in [6, 6.07) is 0. The van der Waals surface area contributed by atoms with Crippen molar-refractivity contribution in [2.75, 3.05) is 19.7 Å². The van der Waals surface area contributed by atoms with Crippen molar-refractivity contribution in [1.29, 1.82) is 0 Å². The second kappa shape index (κ2) is 6.89. The Morgan fingerprint density at radius 2 is 2.32 bits per heavy atom. The van der Waals surface area contributed by atoms with Crippen LogP contribution in [-0.4, -0.2) is 45.5 Å². The minimum atomic E-state index is 0.205. The molecule has 2 aromatic rings. The van der Waals surface area contributed by atoms with E-state index >= 15 is 0 Å². The monoisotopic (exact) mass is 320 g/mol. The molecule has 0 radical (unpaired) electrons. The minimum absolute atomic E-state index is 0.205. The number of thiazole rings is 1. The fraction of sp³-hybridized carbons (Fsp3) is 0.625. The molecule has 1 atom stereocenters. The summed E-state index contributed by atoms with van der Waals surface area (Å²) >= 11 is 1.77. The molecule has 1 aliphatic rings. The van der Waals surface area contributed by atoms with E-state index in [9.17, 15) is 0 Å². The van der Waals surface area contributed by atoms with Crippen molar-refractivity contribution in [3.63, 3.8) is 0 Å². The summed E-state index contributed by atoms with van der Waals surface area (Å²) in [6.45, 7) is 10.9. The Hall–Kier alpha value is -1.24. The Morgan fingerprint density at radius 1 is 1.45 bits per heavy atom. The van der Waals surface area contributed by atoms with Crippen LogP contribution >= 0.6 is 11.3 Å². The molecule has 5 nitrogen and oxygen atoms in total. The highest BCUT2D eigenvalue weighted by atomic mass is 32.1. The van der Waals surface area contributed by atoms with Gasteiger partial charge in [-0.25, -0.2) is 4.98 Å². The highest BCUT2D eigenvalue weighted by Gasteiger charge is 2.22. The smallest absolute Gasteiger partial charge is 0.0954 e. The van der Waals surface area contributed by atoms with E-state index in [1.807, 2.05) is 10.9 Å². The molecule has 0 unspecified atom stereocenters. The Labute approximate surface area is 135 Å². The molecule has 120 valence electrons. The van der Waals surface area contributed by atoms with Gasteiger partial charge in [-0.15, -0.1) is 11.3 Å². The van der Waals surface area contributed by atoms with Gasteiger partial charge in [0.25, 0.3) is 0 Å². The van der Waals surface area contributed by atoms with E-state index in [0.717, 1.165) is 32.8 Å². The summed E-state index contributed by atoms with van der Waals surface area (Å²) in [7, 11) is 0. The van der Waals surface area contributed by atoms with E-state index in [1.54, 1.807) is 11.3 Å². The molecule has 1 aliphatic heterocycles.